The van der Waals surface area contributed by atoms with Crippen LogP contribution in [0.3, 0.4) is 0 Å². The number of hydrogen-bond acceptors (Lipinski definition) is 2. The average molecular weight is 232 g/mol. The zero-order valence-corrected chi connectivity index (χ0v) is 11.1. The van der Waals surface area contributed by atoms with Crippen LogP contribution in [0.2, 0.25) is 0 Å². The second-order valence-electron chi connectivity index (χ2n) is 6.11. The van der Waals surface area contributed by atoms with E-state index in [0.717, 1.165) is 30.4 Å². The molecule has 2 aliphatic rings. The SMILES string of the molecule is CC(=O)C1(/C(C)=C\C2=CC(=O)C(C)(C)C2)CC1. The molecule has 1 fully saturated rings. The monoisotopic (exact) mass is 232 g/mol. The first-order valence-corrected chi connectivity index (χ1v) is 6.23. The van der Waals surface area contributed by atoms with Crippen LogP contribution in [-0.4, -0.2) is 11.6 Å². The largest absolute Gasteiger partial charge is 0.299 e. The van der Waals surface area contributed by atoms with E-state index in [0.29, 0.717) is 0 Å². The molecule has 2 heteroatoms. The minimum atomic E-state index is -0.265. The molecule has 0 N–H and O–H groups in total. The van der Waals surface area contributed by atoms with Crippen molar-refractivity contribution >= 4 is 11.6 Å². The first-order chi connectivity index (χ1) is 7.78. The Bertz CT molecular complexity index is 446. The molecular weight excluding hydrogens is 212 g/mol. The van der Waals surface area contributed by atoms with Crippen LogP contribution in [0.25, 0.3) is 0 Å². The highest BCUT2D eigenvalue weighted by Crippen LogP contribution is 2.53. The summed E-state index contributed by atoms with van der Waals surface area (Å²) in [7, 11) is 0. The fourth-order valence-corrected chi connectivity index (χ4v) is 2.67. The van der Waals surface area contributed by atoms with Gasteiger partial charge in [0.05, 0.1) is 0 Å². The van der Waals surface area contributed by atoms with Gasteiger partial charge in [-0.1, -0.05) is 25.5 Å². The molecule has 0 atom stereocenters. The Hall–Kier alpha value is -1.18. The molecule has 17 heavy (non-hydrogen) atoms. The van der Waals surface area contributed by atoms with E-state index in [1.54, 1.807) is 13.0 Å². The maximum absolute atomic E-state index is 11.7. The van der Waals surface area contributed by atoms with E-state index in [1.165, 1.54) is 0 Å². The Labute approximate surface area is 103 Å². The molecule has 1 saturated carbocycles. The normalized spacial score (nSPS) is 25.8. The van der Waals surface area contributed by atoms with Crippen LogP contribution in [0.5, 0.6) is 0 Å². The summed E-state index contributed by atoms with van der Waals surface area (Å²) in [6.45, 7) is 7.63. The summed E-state index contributed by atoms with van der Waals surface area (Å²) in [4.78, 5) is 23.3. The van der Waals surface area contributed by atoms with Crippen LogP contribution < -0.4 is 0 Å². The van der Waals surface area contributed by atoms with Crippen molar-refractivity contribution in [1.29, 1.82) is 0 Å². The molecule has 0 amide bonds. The van der Waals surface area contributed by atoms with E-state index >= 15 is 0 Å². The van der Waals surface area contributed by atoms with E-state index in [1.807, 2.05) is 20.8 Å². The van der Waals surface area contributed by atoms with Crippen molar-refractivity contribution < 1.29 is 9.59 Å². The first kappa shape index (κ1) is 12.3. The third-order valence-corrected chi connectivity index (χ3v) is 4.21. The third-order valence-electron chi connectivity index (χ3n) is 4.21. The number of ketones is 2. The zero-order valence-electron chi connectivity index (χ0n) is 11.1. The first-order valence-electron chi connectivity index (χ1n) is 6.23. The van der Waals surface area contributed by atoms with Gasteiger partial charge in [0.25, 0.3) is 0 Å². The predicted molar refractivity (Wildman–Crippen MR) is 67.6 cm³/mol. The van der Waals surface area contributed by atoms with Gasteiger partial charge in [-0.3, -0.25) is 9.59 Å². The minimum absolute atomic E-state index is 0.198. The summed E-state index contributed by atoms with van der Waals surface area (Å²) in [5, 5.41) is 0. The topological polar surface area (TPSA) is 34.1 Å². The fraction of sp³-hybridized carbons (Fsp3) is 0.600. The van der Waals surface area contributed by atoms with Crippen molar-refractivity contribution in [2.45, 2.75) is 47.0 Å². The molecule has 0 unspecified atom stereocenters. The lowest BCUT2D eigenvalue weighted by Crippen LogP contribution is -2.16. The number of Topliss-reactive ketones (excluding diaryl/α,β-unsaturated/α-hetero) is 1. The van der Waals surface area contributed by atoms with Crippen molar-refractivity contribution in [3.63, 3.8) is 0 Å². The van der Waals surface area contributed by atoms with E-state index in [2.05, 4.69) is 6.08 Å². The highest BCUT2D eigenvalue weighted by Gasteiger charge is 2.48. The van der Waals surface area contributed by atoms with E-state index < -0.39 is 0 Å². The Morgan fingerprint density at radius 2 is 1.88 bits per heavy atom. The van der Waals surface area contributed by atoms with Gasteiger partial charge in [0.1, 0.15) is 5.78 Å². The maximum atomic E-state index is 11.7. The van der Waals surface area contributed by atoms with Gasteiger partial charge in [0.15, 0.2) is 5.78 Å². The molecule has 0 aromatic carbocycles. The smallest absolute Gasteiger partial charge is 0.161 e. The van der Waals surface area contributed by atoms with E-state index in [4.69, 9.17) is 0 Å². The molecule has 0 aromatic heterocycles. The van der Waals surface area contributed by atoms with Crippen molar-refractivity contribution in [2.75, 3.05) is 0 Å². The molecule has 92 valence electrons. The van der Waals surface area contributed by atoms with Gasteiger partial charge in [-0.05, 0) is 44.8 Å². The van der Waals surface area contributed by atoms with E-state index in [-0.39, 0.29) is 22.4 Å². The summed E-state index contributed by atoms with van der Waals surface area (Å²) in [5.74, 6) is 0.458. The Morgan fingerprint density at radius 3 is 2.24 bits per heavy atom. The zero-order chi connectivity index (χ0) is 12.8. The highest BCUT2D eigenvalue weighted by molar-refractivity contribution is 5.98. The standard InChI is InChI=1S/C15H20O2/c1-10(15(5-6-15)11(2)16)7-12-8-13(17)14(3,4)9-12/h7-8H,5-6,9H2,1-4H3/b10-7-. The van der Waals surface area contributed by atoms with Crippen LogP contribution in [0.1, 0.15) is 47.0 Å². The molecule has 0 radical (unpaired) electrons. The lowest BCUT2D eigenvalue weighted by molar-refractivity contribution is -0.121. The number of carbonyl (C=O) groups is 2. The van der Waals surface area contributed by atoms with Gasteiger partial charge in [-0.25, -0.2) is 0 Å². The summed E-state index contributed by atoms with van der Waals surface area (Å²) in [6.07, 6.45) is 6.52. The molecule has 2 nitrogen and oxygen atoms in total. The number of hydrogen-bond donors (Lipinski definition) is 0. The van der Waals surface area contributed by atoms with E-state index in [9.17, 15) is 9.59 Å². The Kier molecular flexibility index (Phi) is 2.64. The predicted octanol–water partition coefficient (Wildman–Crippen LogP) is 3.23. The lowest BCUT2D eigenvalue weighted by Gasteiger charge is -2.15. The summed E-state index contributed by atoms with van der Waals surface area (Å²) >= 11 is 0. The van der Waals surface area contributed by atoms with Gasteiger partial charge >= 0.3 is 0 Å². The van der Waals surface area contributed by atoms with Gasteiger partial charge in [-0.15, -0.1) is 0 Å². The minimum Gasteiger partial charge on any atom is -0.299 e. The lowest BCUT2D eigenvalue weighted by atomic mass is 9.87. The van der Waals surface area contributed by atoms with Crippen molar-refractivity contribution in [2.24, 2.45) is 10.8 Å². The second kappa shape index (κ2) is 3.66. The molecule has 0 saturated heterocycles. The molecule has 0 aliphatic heterocycles. The van der Waals surface area contributed by atoms with Gasteiger partial charge in [0.2, 0.25) is 0 Å². The van der Waals surface area contributed by atoms with Crippen LogP contribution in [0.15, 0.2) is 23.3 Å². The molecule has 2 aliphatic carbocycles. The summed E-state index contributed by atoms with van der Waals surface area (Å²) < 4.78 is 0. The maximum Gasteiger partial charge on any atom is 0.161 e. The molecule has 0 heterocycles. The van der Waals surface area contributed by atoms with Crippen molar-refractivity contribution in [3.8, 4) is 0 Å². The van der Waals surface area contributed by atoms with Crippen LogP contribution in [0.4, 0.5) is 0 Å². The average Bonchev–Trinajstić information content (AvgIpc) is 2.92. The number of carbonyl (C=O) groups excluding carboxylic acids is 2. The number of rotatable bonds is 3. The molecule has 0 aromatic rings. The van der Waals surface area contributed by atoms with Gasteiger partial charge < -0.3 is 0 Å². The molecule has 0 bridgehead atoms. The summed E-state index contributed by atoms with van der Waals surface area (Å²) in [6, 6.07) is 0. The van der Waals surface area contributed by atoms with Gasteiger partial charge in [0, 0.05) is 10.8 Å². The quantitative estimate of drug-likeness (QED) is 0.748. The molecular formula is C15H20O2. The Morgan fingerprint density at radius 1 is 1.29 bits per heavy atom. The Balaban J connectivity index is 2.20. The van der Waals surface area contributed by atoms with Crippen LogP contribution in [0, 0.1) is 10.8 Å². The molecule has 0 spiro atoms. The van der Waals surface area contributed by atoms with Crippen LogP contribution >= 0.6 is 0 Å². The van der Waals surface area contributed by atoms with Crippen LogP contribution in [-0.2, 0) is 9.59 Å². The van der Waals surface area contributed by atoms with Gasteiger partial charge in [-0.2, -0.15) is 0 Å². The summed E-state index contributed by atoms with van der Waals surface area (Å²) in [5.41, 5.74) is 1.74. The van der Waals surface area contributed by atoms with Crippen molar-refractivity contribution in [1.82, 2.24) is 0 Å². The highest BCUT2D eigenvalue weighted by atomic mass is 16.1. The molecule has 2 rings (SSSR count). The fourth-order valence-electron chi connectivity index (χ4n) is 2.67. The van der Waals surface area contributed by atoms with Crippen molar-refractivity contribution in [3.05, 3.63) is 23.3 Å². The third kappa shape index (κ3) is 2.01. The second-order valence-corrected chi connectivity index (χ2v) is 6.11. The number of allylic oxidation sites excluding steroid dienone is 4.